The Kier molecular flexibility index (Phi) is 5.52. The summed E-state index contributed by atoms with van der Waals surface area (Å²) < 4.78 is 0. The number of rotatable bonds is 5. The van der Waals surface area contributed by atoms with E-state index in [9.17, 15) is 9.59 Å². The fourth-order valence-electron chi connectivity index (χ4n) is 2.32. The van der Waals surface area contributed by atoms with Crippen LogP contribution in [0, 0.1) is 0 Å². The quantitative estimate of drug-likeness (QED) is 0.688. The molecule has 0 saturated carbocycles. The van der Waals surface area contributed by atoms with E-state index in [0.29, 0.717) is 17.1 Å². The first-order valence-corrected chi connectivity index (χ1v) is 8.08. The summed E-state index contributed by atoms with van der Waals surface area (Å²) in [5.74, 6) is -0.207. The highest BCUT2D eigenvalue weighted by atomic mass is 16.2. The third kappa shape index (κ3) is 4.64. The molecule has 0 unspecified atom stereocenters. The molecule has 2 aromatic carbocycles. The lowest BCUT2D eigenvalue weighted by Crippen LogP contribution is -2.17. The van der Waals surface area contributed by atoms with Crippen molar-refractivity contribution in [3.63, 3.8) is 0 Å². The molecule has 0 atom stereocenters. The maximum atomic E-state index is 12.5. The summed E-state index contributed by atoms with van der Waals surface area (Å²) in [6.45, 7) is 0. The number of hydrogen-bond donors (Lipinski definition) is 2. The largest absolute Gasteiger partial charge is 0.322 e. The molecular weight excluding hydrogens is 326 g/mol. The summed E-state index contributed by atoms with van der Waals surface area (Å²) >= 11 is 0. The van der Waals surface area contributed by atoms with Crippen LogP contribution in [0.15, 0.2) is 85.1 Å². The first-order valence-electron chi connectivity index (χ1n) is 8.08. The van der Waals surface area contributed by atoms with Crippen molar-refractivity contribution in [1.82, 2.24) is 4.98 Å². The molecule has 3 aromatic rings. The van der Waals surface area contributed by atoms with Gasteiger partial charge in [0.15, 0.2) is 0 Å². The number of nitrogens with one attached hydrogen (secondary N) is 2. The van der Waals surface area contributed by atoms with Crippen LogP contribution in [0.4, 0.5) is 11.5 Å². The van der Waals surface area contributed by atoms with E-state index in [1.807, 2.05) is 30.3 Å². The number of amides is 2. The number of benzene rings is 2. The average molecular weight is 343 g/mol. The van der Waals surface area contributed by atoms with Crippen LogP contribution in [0.2, 0.25) is 0 Å². The van der Waals surface area contributed by atoms with Crippen LogP contribution in [0.5, 0.6) is 0 Å². The SMILES string of the molecule is O=C(/C=C/c1ccccc1)Nc1ccccc1C(=O)Nc1ccccn1. The van der Waals surface area contributed by atoms with Crippen LogP contribution < -0.4 is 10.6 Å². The summed E-state index contributed by atoms with van der Waals surface area (Å²) in [6, 6.07) is 21.6. The van der Waals surface area contributed by atoms with E-state index < -0.39 is 0 Å². The molecular formula is C21H17N3O2. The summed E-state index contributed by atoms with van der Waals surface area (Å²) in [6.07, 6.45) is 4.74. The molecule has 0 fully saturated rings. The van der Waals surface area contributed by atoms with Crippen molar-refractivity contribution in [2.75, 3.05) is 10.6 Å². The van der Waals surface area contributed by atoms with Gasteiger partial charge in [0.2, 0.25) is 5.91 Å². The standard InChI is InChI=1S/C21H17N3O2/c25-20(14-13-16-8-2-1-3-9-16)23-18-11-5-4-10-17(18)21(26)24-19-12-6-7-15-22-19/h1-15H,(H,23,25)(H,22,24,26)/b14-13+. The Hall–Kier alpha value is -3.73. The number of carbonyl (C=O) groups is 2. The molecule has 128 valence electrons. The number of aromatic nitrogens is 1. The lowest BCUT2D eigenvalue weighted by molar-refractivity contribution is -0.111. The number of para-hydroxylation sites is 1. The van der Waals surface area contributed by atoms with E-state index in [4.69, 9.17) is 0 Å². The Bertz CT molecular complexity index is 922. The van der Waals surface area contributed by atoms with E-state index >= 15 is 0 Å². The van der Waals surface area contributed by atoms with Gasteiger partial charge in [0, 0.05) is 12.3 Å². The number of anilines is 2. The Balaban J connectivity index is 1.71. The molecule has 1 aromatic heterocycles. The molecule has 5 heteroatoms. The van der Waals surface area contributed by atoms with Gasteiger partial charge in [0.25, 0.3) is 5.91 Å². The smallest absolute Gasteiger partial charge is 0.258 e. The molecule has 26 heavy (non-hydrogen) atoms. The lowest BCUT2D eigenvalue weighted by atomic mass is 10.1. The van der Waals surface area contributed by atoms with Gasteiger partial charge in [-0.25, -0.2) is 4.98 Å². The highest BCUT2D eigenvalue weighted by molar-refractivity contribution is 6.11. The van der Waals surface area contributed by atoms with Gasteiger partial charge in [-0.05, 0) is 35.9 Å². The van der Waals surface area contributed by atoms with Gasteiger partial charge in [-0.1, -0.05) is 48.5 Å². The van der Waals surface area contributed by atoms with Crippen molar-refractivity contribution in [1.29, 1.82) is 0 Å². The second-order valence-electron chi connectivity index (χ2n) is 5.45. The zero-order valence-electron chi connectivity index (χ0n) is 13.9. The fraction of sp³-hybridized carbons (Fsp3) is 0. The summed E-state index contributed by atoms with van der Waals surface area (Å²) in [5.41, 5.74) is 1.71. The molecule has 1 heterocycles. The van der Waals surface area contributed by atoms with Crippen LogP contribution in [-0.4, -0.2) is 16.8 Å². The monoisotopic (exact) mass is 343 g/mol. The van der Waals surface area contributed by atoms with Crippen LogP contribution in [0.3, 0.4) is 0 Å². The van der Waals surface area contributed by atoms with Crippen molar-refractivity contribution in [2.24, 2.45) is 0 Å². The topological polar surface area (TPSA) is 71.1 Å². The Labute approximate surface area is 151 Å². The van der Waals surface area contributed by atoms with Gasteiger partial charge in [0.1, 0.15) is 5.82 Å². The predicted molar refractivity (Wildman–Crippen MR) is 103 cm³/mol. The third-order valence-corrected chi connectivity index (χ3v) is 3.56. The highest BCUT2D eigenvalue weighted by Crippen LogP contribution is 2.17. The molecule has 0 saturated heterocycles. The maximum Gasteiger partial charge on any atom is 0.258 e. The highest BCUT2D eigenvalue weighted by Gasteiger charge is 2.12. The summed E-state index contributed by atoms with van der Waals surface area (Å²) in [4.78, 5) is 28.7. The minimum atomic E-state index is -0.341. The lowest BCUT2D eigenvalue weighted by Gasteiger charge is -2.10. The van der Waals surface area contributed by atoms with Crippen LogP contribution >= 0.6 is 0 Å². The van der Waals surface area contributed by atoms with Crippen LogP contribution in [0.25, 0.3) is 6.08 Å². The maximum absolute atomic E-state index is 12.5. The van der Waals surface area contributed by atoms with E-state index in [-0.39, 0.29) is 11.8 Å². The molecule has 2 N–H and O–H groups in total. The zero-order valence-corrected chi connectivity index (χ0v) is 13.9. The van der Waals surface area contributed by atoms with Crippen molar-refractivity contribution >= 4 is 29.4 Å². The minimum absolute atomic E-state index is 0.313. The molecule has 0 aliphatic heterocycles. The molecule has 0 aliphatic carbocycles. The zero-order chi connectivity index (χ0) is 18.2. The average Bonchev–Trinajstić information content (AvgIpc) is 2.68. The molecule has 0 bridgehead atoms. The van der Waals surface area contributed by atoms with E-state index in [0.717, 1.165) is 5.56 Å². The number of carbonyl (C=O) groups excluding carboxylic acids is 2. The Morgan fingerprint density at radius 3 is 2.31 bits per heavy atom. The predicted octanol–water partition coefficient (Wildman–Crippen LogP) is 3.99. The van der Waals surface area contributed by atoms with Gasteiger partial charge in [-0.3, -0.25) is 9.59 Å². The Morgan fingerprint density at radius 2 is 1.54 bits per heavy atom. The molecule has 3 rings (SSSR count). The number of hydrogen-bond acceptors (Lipinski definition) is 3. The van der Waals surface area contributed by atoms with E-state index in [2.05, 4.69) is 15.6 Å². The van der Waals surface area contributed by atoms with Gasteiger partial charge in [-0.15, -0.1) is 0 Å². The molecule has 0 spiro atoms. The first kappa shape index (κ1) is 17.1. The Morgan fingerprint density at radius 1 is 0.808 bits per heavy atom. The van der Waals surface area contributed by atoms with Crippen LogP contribution in [-0.2, 0) is 4.79 Å². The van der Waals surface area contributed by atoms with E-state index in [1.54, 1.807) is 54.7 Å². The van der Waals surface area contributed by atoms with Gasteiger partial charge in [-0.2, -0.15) is 0 Å². The first-order chi connectivity index (χ1) is 12.7. The van der Waals surface area contributed by atoms with Gasteiger partial charge >= 0.3 is 0 Å². The molecule has 0 aliphatic rings. The van der Waals surface area contributed by atoms with E-state index in [1.165, 1.54) is 6.08 Å². The van der Waals surface area contributed by atoms with Crippen molar-refractivity contribution in [2.45, 2.75) is 0 Å². The summed E-state index contributed by atoms with van der Waals surface area (Å²) in [7, 11) is 0. The van der Waals surface area contributed by atoms with Gasteiger partial charge in [0.05, 0.1) is 11.3 Å². The molecule has 0 radical (unpaired) electrons. The normalized spacial score (nSPS) is 10.5. The number of pyridine rings is 1. The molecule has 2 amide bonds. The number of nitrogens with zero attached hydrogens (tertiary/aromatic N) is 1. The van der Waals surface area contributed by atoms with Crippen molar-refractivity contribution in [3.8, 4) is 0 Å². The second kappa shape index (κ2) is 8.39. The van der Waals surface area contributed by atoms with Crippen molar-refractivity contribution in [3.05, 3.63) is 96.2 Å². The van der Waals surface area contributed by atoms with Crippen LogP contribution in [0.1, 0.15) is 15.9 Å². The summed E-state index contributed by atoms with van der Waals surface area (Å²) in [5, 5.41) is 5.45. The minimum Gasteiger partial charge on any atom is -0.322 e. The molecule has 5 nitrogen and oxygen atoms in total. The fourth-order valence-corrected chi connectivity index (χ4v) is 2.32. The third-order valence-electron chi connectivity index (χ3n) is 3.56. The van der Waals surface area contributed by atoms with Crippen molar-refractivity contribution < 1.29 is 9.59 Å². The van der Waals surface area contributed by atoms with Gasteiger partial charge < -0.3 is 10.6 Å². The second-order valence-corrected chi connectivity index (χ2v) is 5.45.